The highest BCUT2D eigenvalue weighted by molar-refractivity contribution is 5.87. The zero-order valence-electron chi connectivity index (χ0n) is 31.7. The van der Waals surface area contributed by atoms with Crippen LogP contribution in [0.1, 0.15) is 88.2 Å². The van der Waals surface area contributed by atoms with E-state index in [-0.39, 0.29) is 35.7 Å². The molecule has 54 heavy (non-hydrogen) atoms. The van der Waals surface area contributed by atoms with Crippen LogP contribution in [0, 0.1) is 11.8 Å². The lowest BCUT2D eigenvalue weighted by molar-refractivity contribution is -0.138. The number of benzene rings is 2. The lowest BCUT2D eigenvalue weighted by Gasteiger charge is -2.33. The first-order valence-electron chi connectivity index (χ1n) is 18.6. The summed E-state index contributed by atoms with van der Waals surface area (Å²) in [6.45, 7) is 8.67. The minimum absolute atomic E-state index is 0.107. The van der Waals surface area contributed by atoms with E-state index in [0.29, 0.717) is 18.9 Å². The lowest BCUT2D eigenvalue weighted by atomic mass is 10.0. The van der Waals surface area contributed by atoms with Crippen molar-refractivity contribution in [3.8, 4) is 0 Å². The third-order valence-electron chi connectivity index (χ3n) is 10.4. The number of nitrogens with zero attached hydrogens (tertiary/aromatic N) is 5. The molecule has 1 unspecified atom stereocenters. The van der Waals surface area contributed by atoms with E-state index in [4.69, 9.17) is 14.7 Å². The summed E-state index contributed by atoms with van der Waals surface area (Å²) in [6.07, 6.45) is 9.38. The maximum absolute atomic E-state index is 13.6. The maximum atomic E-state index is 13.6. The molecule has 0 saturated carbocycles. The zero-order valence-corrected chi connectivity index (χ0v) is 31.7. The van der Waals surface area contributed by atoms with Crippen LogP contribution in [0.5, 0.6) is 0 Å². The minimum atomic E-state index is -1.12. The van der Waals surface area contributed by atoms with Gasteiger partial charge in [0.1, 0.15) is 23.7 Å². The molecule has 4 amide bonds. The molecule has 2 aliphatic heterocycles. The number of alkyl carbamates (subject to hydrolysis) is 1. The molecule has 0 aliphatic carbocycles. The average Bonchev–Trinajstić information content (AvgIpc) is 3.96. The number of amides is 4. The molecule has 6 rings (SSSR count). The van der Waals surface area contributed by atoms with Crippen molar-refractivity contribution in [3.63, 3.8) is 0 Å². The molecular formula is C40H50N8O6. The van der Waals surface area contributed by atoms with E-state index in [1.807, 2.05) is 88.4 Å². The second-order valence-electron chi connectivity index (χ2n) is 14.8. The Kier molecular flexibility index (Phi) is 11.4. The van der Waals surface area contributed by atoms with E-state index in [1.165, 1.54) is 14.2 Å². The first-order valence-corrected chi connectivity index (χ1v) is 18.6. The van der Waals surface area contributed by atoms with Crippen LogP contribution in [-0.2, 0) is 14.3 Å². The Balaban J connectivity index is 1.12. The Hall–Kier alpha value is -5.66. The largest absolute Gasteiger partial charge is 0.465 e. The van der Waals surface area contributed by atoms with Crippen LogP contribution in [0.15, 0.2) is 48.6 Å². The fourth-order valence-electron chi connectivity index (χ4n) is 7.64. The van der Waals surface area contributed by atoms with Gasteiger partial charge >= 0.3 is 12.2 Å². The zero-order chi connectivity index (χ0) is 38.7. The van der Waals surface area contributed by atoms with Crippen LogP contribution in [0.25, 0.3) is 34.2 Å². The second-order valence-corrected chi connectivity index (χ2v) is 14.8. The van der Waals surface area contributed by atoms with Crippen molar-refractivity contribution < 1.29 is 29.0 Å². The Morgan fingerprint density at radius 2 is 1.33 bits per heavy atom. The lowest BCUT2D eigenvalue weighted by Crippen LogP contribution is -2.51. The van der Waals surface area contributed by atoms with Gasteiger partial charge in [-0.05, 0) is 72.9 Å². The minimum Gasteiger partial charge on any atom is -0.465 e. The van der Waals surface area contributed by atoms with Crippen molar-refractivity contribution in [1.82, 2.24) is 40.0 Å². The van der Waals surface area contributed by atoms with Gasteiger partial charge < -0.3 is 34.9 Å². The Morgan fingerprint density at radius 1 is 0.833 bits per heavy atom. The molecular weight excluding hydrogens is 688 g/mol. The van der Waals surface area contributed by atoms with Crippen LogP contribution in [0.4, 0.5) is 9.59 Å². The Bertz CT molecular complexity index is 2080. The highest BCUT2D eigenvalue weighted by Crippen LogP contribution is 2.35. The smallest absolute Gasteiger partial charge is 0.407 e. The first kappa shape index (κ1) is 38.1. The topological polar surface area (TPSA) is 177 Å². The van der Waals surface area contributed by atoms with Crippen LogP contribution < -0.4 is 5.32 Å². The molecule has 4 N–H and O–H groups in total. The molecule has 4 heterocycles. The molecule has 286 valence electrons. The molecule has 14 nitrogen and oxygen atoms in total. The number of carbonyl (C=O) groups excluding carboxylic acids is 3. The van der Waals surface area contributed by atoms with Gasteiger partial charge in [0, 0.05) is 20.1 Å². The molecule has 0 spiro atoms. The van der Waals surface area contributed by atoms with Crippen molar-refractivity contribution in [2.75, 3.05) is 27.2 Å². The quantitative estimate of drug-likeness (QED) is 0.126. The number of allylic oxidation sites excluding steroid dienone is 2. The molecule has 4 atom stereocenters. The van der Waals surface area contributed by atoms with E-state index in [9.17, 15) is 24.3 Å². The third-order valence-corrected chi connectivity index (χ3v) is 10.4. The Labute approximate surface area is 314 Å². The number of likely N-dealkylation sites (N-methyl/N-ethyl adjacent to an activating group) is 1. The highest BCUT2D eigenvalue weighted by Gasteiger charge is 2.40. The first-order chi connectivity index (χ1) is 25.9. The molecule has 0 bridgehead atoms. The molecule has 2 aromatic heterocycles. The van der Waals surface area contributed by atoms with Gasteiger partial charge in [-0.3, -0.25) is 14.5 Å². The number of imidazole rings is 2. The number of rotatable bonds is 11. The summed E-state index contributed by atoms with van der Waals surface area (Å²) in [6, 6.07) is 10.1. The average molecular weight is 739 g/mol. The summed E-state index contributed by atoms with van der Waals surface area (Å²) in [7, 11) is 2.73. The van der Waals surface area contributed by atoms with Gasteiger partial charge in [0.15, 0.2) is 0 Å². The number of nitrogens with one attached hydrogen (secondary N) is 3. The van der Waals surface area contributed by atoms with Crippen molar-refractivity contribution >= 4 is 58.2 Å². The van der Waals surface area contributed by atoms with Crippen LogP contribution in [0.3, 0.4) is 0 Å². The number of hydrogen-bond donors (Lipinski definition) is 4. The fourth-order valence-corrected chi connectivity index (χ4v) is 7.64. The molecule has 2 saturated heterocycles. The van der Waals surface area contributed by atoms with Gasteiger partial charge in [-0.2, -0.15) is 0 Å². The second kappa shape index (κ2) is 16.1. The van der Waals surface area contributed by atoms with Gasteiger partial charge in [-0.1, -0.05) is 64.1 Å². The van der Waals surface area contributed by atoms with E-state index in [2.05, 4.69) is 15.3 Å². The standard InChI is InChI=1S/C40H50N8O6/c1-23(2)33(45-39(51)54-6)37(49)47-19-9-13-31(47)35-41-27-17-15-25(21-29(27)43-35)11-7-8-12-26-16-18-28-30(22-26)44-36(42-28)32-14-10-20-48(32)38(50)34(24(3)4)46(5)40(52)53/h7-8,11-12,15-18,21-24,31-34H,9-10,13-14,19-20H2,1-6H3,(H,41,43)(H,42,44)(H,45,51)(H,52,53)/t31?,32-,33-,34-/m0/s1. The molecule has 2 aromatic carbocycles. The monoisotopic (exact) mass is 738 g/mol. The number of hydrogen-bond acceptors (Lipinski definition) is 7. The summed E-state index contributed by atoms with van der Waals surface area (Å²) in [5, 5.41) is 12.3. The summed E-state index contributed by atoms with van der Waals surface area (Å²) in [4.78, 5) is 72.0. The molecule has 2 aliphatic rings. The van der Waals surface area contributed by atoms with Crippen molar-refractivity contribution in [2.45, 2.75) is 77.5 Å². The van der Waals surface area contributed by atoms with Crippen LogP contribution in [0.2, 0.25) is 0 Å². The Morgan fingerprint density at radius 3 is 1.78 bits per heavy atom. The fraction of sp³-hybridized carbons (Fsp3) is 0.450. The number of ether oxygens (including phenoxy) is 1. The number of aromatic amines is 2. The number of likely N-dealkylation sites (tertiary alicyclic amines) is 2. The molecule has 14 heteroatoms. The van der Waals surface area contributed by atoms with Crippen LogP contribution >= 0.6 is 0 Å². The number of aromatic nitrogens is 4. The number of fused-ring (bicyclic) bond motifs is 2. The summed E-state index contributed by atoms with van der Waals surface area (Å²) in [5.74, 6) is 0.817. The van der Waals surface area contributed by atoms with Gasteiger partial charge in [0.2, 0.25) is 11.8 Å². The summed E-state index contributed by atoms with van der Waals surface area (Å²) >= 11 is 0. The van der Waals surface area contributed by atoms with Crippen molar-refractivity contribution in [1.29, 1.82) is 0 Å². The number of methoxy groups -OCH3 is 1. The van der Waals surface area contributed by atoms with E-state index in [0.717, 1.165) is 69.6 Å². The van der Waals surface area contributed by atoms with Gasteiger partial charge in [-0.25, -0.2) is 19.6 Å². The predicted molar refractivity (Wildman–Crippen MR) is 206 cm³/mol. The highest BCUT2D eigenvalue weighted by atomic mass is 16.5. The maximum Gasteiger partial charge on any atom is 0.407 e. The molecule has 4 aromatic rings. The van der Waals surface area contributed by atoms with E-state index in [1.54, 1.807) is 9.80 Å². The number of carbonyl (C=O) groups is 4. The SMILES string of the molecule is COC(=O)N[C@H](C(=O)N1CCCC1c1nc2cc(C=CC=Cc3ccc4[nH]c([C@@H]5CCCN5C(=O)[C@H](C(C)C)N(C)C(=O)O)nc4c3)ccc2[nH]1)C(C)C. The van der Waals surface area contributed by atoms with E-state index >= 15 is 0 Å². The summed E-state index contributed by atoms with van der Waals surface area (Å²) < 4.78 is 4.75. The van der Waals surface area contributed by atoms with E-state index < -0.39 is 24.3 Å². The number of H-pyrrole nitrogens is 2. The number of carboxylic acid groups (broad SMARTS) is 1. The normalized spacial score (nSPS) is 18.8. The summed E-state index contributed by atoms with van der Waals surface area (Å²) in [5.41, 5.74) is 5.30. The predicted octanol–water partition coefficient (Wildman–Crippen LogP) is 6.51. The van der Waals surface area contributed by atoms with Crippen LogP contribution in [-0.4, -0.2) is 103 Å². The van der Waals surface area contributed by atoms with Gasteiger partial charge in [0.05, 0.1) is 41.3 Å². The van der Waals surface area contributed by atoms with Crippen molar-refractivity contribution in [3.05, 3.63) is 71.3 Å². The molecule has 2 fully saturated rings. The van der Waals surface area contributed by atoms with Gasteiger partial charge in [0.25, 0.3) is 0 Å². The van der Waals surface area contributed by atoms with Crippen molar-refractivity contribution in [2.24, 2.45) is 11.8 Å². The third kappa shape index (κ3) is 7.97. The molecule has 0 radical (unpaired) electrons. The van der Waals surface area contributed by atoms with Gasteiger partial charge in [-0.15, -0.1) is 0 Å².